The van der Waals surface area contributed by atoms with Crippen molar-refractivity contribution < 1.29 is 0 Å². The summed E-state index contributed by atoms with van der Waals surface area (Å²) in [4.78, 5) is 0. The summed E-state index contributed by atoms with van der Waals surface area (Å²) in [6.45, 7) is 9.38. The van der Waals surface area contributed by atoms with Crippen LogP contribution in [0, 0.1) is 11.8 Å². The number of hydrogen-bond donors (Lipinski definition) is 0. The van der Waals surface area contributed by atoms with E-state index in [9.17, 15) is 0 Å². The first-order chi connectivity index (χ1) is 6.59. The Morgan fingerprint density at radius 2 is 1.71 bits per heavy atom. The smallest absolute Gasteiger partial charge is 0.00899 e. The fourth-order valence-corrected chi connectivity index (χ4v) is 4.90. The van der Waals surface area contributed by atoms with Crippen molar-refractivity contribution in [2.75, 3.05) is 12.3 Å². The highest BCUT2D eigenvalue weighted by atomic mass is 31.1. The van der Waals surface area contributed by atoms with Gasteiger partial charge in [-0.25, -0.2) is 0 Å². The van der Waals surface area contributed by atoms with Gasteiger partial charge in [0.1, 0.15) is 0 Å². The molecule has 0 N–H and O–H groups in total. The second kappa shape index (κ2) is 5.71. The van der Waals surface area contributed by atoms with Crippen LogP contribution in [0.15, 0.2) is 23.5 Å². The predicted octanol–water partition coefficient (Wildman–Crippen LogP) is 4.62. The van der Waals surface area contributed by atoms with Gasteiger partial charge in [0, 0.05) is 0 Å². The van der Waals surface area contributed by atoms with Crippen molar-refractivity contribution in [3.8, 4) is 0 Å². The summed E-state index contributed by atoms with van der Waals surface area (Å²) in [5.74, 6) is 1.70. The van der Waals surface area contributed by atoms with Gasteiger partial charge >= 0.3 is 0 Å². The molecule has 1 aliphatic carbocycles. The molecule has 1 rings (SSSR count). The van der Waals surface area contributed by atoms with Gasteiger partial charge in [-0.3, -0.25) is 0 Å². The molecule has 0 spiro atoms. The average molecular weight is 210 g/mol. The molecule has 0 bridgehead atoms. The SMILES string of the molecule is CC(C)CP(CC(C)C)C1=CC=CC1. The lowest BCUT2D eigenvalue weighted by molar-refractivity contribution is 0.719. The molecule has 0 aromatic rings. The van der Waals surface area contributed by atoms with E-state index in [1.807, 2.05) is 0 Å². The summed E-state index contributed by atoms with van der Waals surface area (Å²) < 4.78 is 0. The third kappa shape index (κ3) is 3.96. The van der Waals surface area contributed by atoms with E-state index < -0.39 is 0 Å². The lowest BCUT2D eigenvalue weighted by atomic mass is 10.3. The van der Waals surface area contributed by atoms with Gasteiger partial charge in [-0.15, -0.1) is 0 Å². The van der Waals surface area contributed by atoms with Crippen LogP contribution >= 0.6 is 7.92 Å². The molecule has 0 radical (unpaired) electrons. The summed E-state index contributed by atoms with van der Waals surface area (Å²) in [7, 11) is 0.158. The minimum absolute atomic E-state index is 0.158. The quantitative estimate of drug-likeness (QED) is 0.581. The molecule has 0 unspecified atom stereocenters. The van der Waals surface area contributed by atoms with E-state index in [2.05, 4.69) is 45.9 Å². The summed E-state index contributed by atoms with van der Waals surface area (Å²) in [6.07, 6.45) is 10.9. The van der Waals surface area contributed by atoms with Crippen LogP contribution in [0.1, 0.15) is 34.1 Å². The first kappa shape index (κ1) is 12.0. The third-order valence-electron chi connectivity index (χ3n) is 2.33. The van der Waals surface area contributed by atoms with E-state index in [0.29, 0.717) is 0 Å². The highest BCUT2D eigenvalue weighted by Crippen LogP contribution is 2.50. The Balaban J connectivity index is 2.52. The van der Waals surface area contributed by atoms with Gasteiger partial charge in [-0.2, -0.15) is 0 Å². The van der Waals surface area contributed by atoms with Crippen molar-refractivity contribution in [2.45, 2.75) is 34.1 Å². The summed E-state index contributed by atoms with van der Waals surface area (Å²) in [5, 5.41) is 1.72. The van der Waals surface area contributed by atoms with Crippen LogP contribution in [0.5, 0.6) is 0 Å². The van der Waals surface area contributed by atoms with Crippen LogP contribution in [0.4, 0.5) is 0 Å². The second-order valence-corrected chi connectivity index (χ2v) is 7.37. The van der Waals surface area contributed by atoms with Crippen LogP contribution in [0.2, 0.25) is 0 Å². The number of rotatable bonds is 5. The maximum Gasteiger partial charge on any atom is -0.00899 e. The first-order valence-electron chi connectivity index (χ1n) is 5.70. The van der Waals surface area contributed by atoms with E-state index in [0.717, 1.165) is 11.8 Å². The van der Waals surface area contributed by atoms with Crippen LogP contribution < -0.4 is 0 Å². The monoisotopic (exact) mass is 210 g/mol. The van der Waals surface area contributed by atoms with Gasteiger partial charge in [0.2, 0.25) is 0 Å². The van der Waals surface area contributed by atoms with Crippen LogP contribution in [0.25, 0.3) is 0 Å². The van der Waals surface area contributed by atoms with E-state index in [1.165, 1.54) is 18.7 Å². The molecule has 14 heavy (non-hydrogen) atoms. The molecule has 0 heterocycles. The fourth-order valence-electron chi connectivity index (χ4n) is 1.86. The van der Waals surface area contributed by atoms with Crippen LogP contribution in [-0.2, 0) is 0 Å². The zero-order chi connectivity index (χ0) is 10.6. The summed E-state index contributed by atoms with van der Waals surface area (Å²) in [6, 6.07) is 0. The maximum absolute atomic E-state index is 2.36. The van der Waals surface area contributed by atoms with E-state index in [-0.39, 0.29) is 7.92 Å². The summed E-state index contributed by atoms with van der Waals surface area (Å²) in [5.41, 5.74) is 0. The largest absolute Gasteiger partial charge is 0.0801 e. The van der Waals surface area contributed by atoms with E-state index in [4.69, 9.17) is 0 Å². The van der Waals surface area contributed by atoms with Crippen molar-refractivity contribution >= 4 is 7.92 Å². The van der Waals surface area contributed by atoms with E-state index in [1.54, 1.807) is 5.31 Å². The van der Waals surface area contributed by atoms with Crippen molar-refractivity contribution in [3.63, 3.8) is 0 Å². The normalized spacial score (nSPS) is 16.1. The van der Waals surface area contributed by atoms with Gasteiger partial charge in [-0.05, 0) is 35.9 Å². The highest BCUT2D eigenvalue weighted by molar-refractivity contribution is 7.62. The topological polar surface area (TPSA) is 0 Å². The van der Waals surface area contributed by atoms with Crippen LogP contribution in [-0.4, -0.2) is 12.3 Å². The minimum Gasteiger partial charge on any atom is -0.0801 e. The van der Waals surface area contributed by atoms with Crippen molar-refractivity contribution in [1.82, 2.24) is 0 Å². The molecule has 1 aliphatic rings. The molecular weight excluding hydrogens is 187 g/mol. The molecule has 0 aromatic carbocycles. The van der Waals surface area contributed by atoms with E-state index >= 15 is 0 Å². The average Bonchev–Trinajstić information content (AvgIpc) is 2.52. The van der Waals surface area contributed by atoms with Gasteiger partial charge in [0.15, 0.2) is 0 Å². The molecule has 0 nitrogen and oxygen atoms in total. The van der Waals surface area contributed by atoms with Gasteiger partial charge in [0.25, 0.3) is 0 Å². The maximum atomic E-state index is 2.36. The lowest BCUT2D eigenvalue weighted by Gasteiger charge is -2.23. The van der Waals surface area contributed by atoms with Crippen molar-refractivity contribution in [3.05, 3.63) is 23.5 Å². The first-order valence-corrected chi connectivity index (χ1v) is 7.41. The third-order valence-corrected chi connectivity index (χ3v) is 5.82. The number of allylic oxidation sites excluding steroid dienone is 4. The van der Waals surface area contributed by atoms with Crippen molar-refractivity contribution in [2.24, 2.45) is 11.8 Å². The molecule has 0 fully saturated rings. The molecule has 0 amide bonds. The molecule has 1 heteroatoms. The Labute approximate surface area is 90.2 Å². The minimum atomic E-state index is 0.158. The zero-order valence-corrected chi connectivity index (χ0v) is 10.8. The Kier molecular flexibility index (Phi) is 4.89. The van der Waals surface area contributed by atoms with Crippen molar-refractivity contribution in [1.29, 1.82) is 0 Å². The second-order valence-electron chi connectivity index (χ2n) is 4.98. The lowest BCUT2D eigenvalue weighted by Crippen LogP contribution is -2.03. The zero-order valence-electron chi connectivity index (χ0n) is 9.96. The standard InChI is InChI=1S/C13H23P/c1-11(2)9-14(10-12(3)4)13-7-5-6-8-13/h5-7,11-12H,8-10H2,1-4H3. The molecule has 80 valence electrons. The van der Waals surface area contributed by atoms with Gasteiger partial charge in [0.05, 0.1) is 0 Å². The Bertz CT molecular complexity index is 213. The fraction of sp³-hybridized carbons (Fsp3) is 0.692. The number of hydrogen-bond acceptors (Lipinski definition) is 0. The molecule has 0 aromatic heterocycles. The molecule has 0 saturated heterocycles. The molecule has 0 atom stereocenters. The molecule has 0 saturated carbocycles. The predicted molar refractivity (Wildman–Crippen MR) is 68.2 cm³/mol. The Hall–Kier alpha value is -0.0900. The molecular formula is C13H23P. The van der Waals surface area contributed by atoms with Gasteiger partial charge in [-0.1, -0.05) is 53.8 Å². The van der Waals surface area contributed by atoms with Gasteiger partial charge < -0.3 is 0 Å². The van der Waals surface area contributed by atoms with Crippen LogP contribution in [0.3, 0.4) is 0 Å². The Morgan fingerprint density at radius 1 is 1.14 bits per heavy atom. The summed E-state index contributed by atoms with van der Waals surface area (Å²) >= 11 is 0. The highest BCUT2D eigenvalue weighted by Gasteiger charge is 2.16. The molecule has 0 aliphatic heterocycles. The Morgan fingerprint density at radius 3 is 2.07 bits per heavy atom.